The van der Waals surface area contributed by atoms with E-state index < -0.39 is 22.9 Å². The number of thiazole rings is 1. The van der Waals surface area contributed by atoms with Gasteiger partial charge in [-0.15, -0.1) is 0 Å². The van der Waals surface area contributed by atoms with Crippen molar-refractivity contribution in [2.24, 2.45) is 4.99 Å². The molecule has 0 radical (unpaired) electrons. The highest BCUT2D eigenvalue weighted by molar-refractivity contribution is 14.1. The number of nitrogens with zero attached hydrogens (tertiary/aromatic N) is 3. The molecule has 1 aliphatic heterocycles. The van der Waals surface area contributed by atoms with E-state index in [0.29, 0.717) is 53.6 Å². The van der Waals surface area contributed by atoms with Crippen LogP contribution in [-0.4, -0.2) is 55.0 Å². The van der Waals surface area contributed by atoms with Crippen LogP contribution in [0.5, 0.6) is 23.0 Å². The molecule has 1 aliphatic rings. The lowest BCUT2D eigenvalue weighted by atomic mass is 9.95. The first-order valence-corrected chi connectivity index (χ1v) is 18.4. The molecule has 5 rings (SSSR count). The summed E-state index contributed by atoms with van der Waals surface area (Å²) < 4.78 is 36.2. The molecule has 0 saturated heterocycles. The fourth-order valence-corrected chi connectivity index (χ4v) is 7.31. The summed E-state index contributed by atoms with van der Waals surface area (Å²) in [7, 11) is 1.26. The van der Waals surface area contributed by atoms with E-state index in [2.05, 4.69) is 32.3 Å². The number of methoxy groups -OCH3 is 1. The number of hydrogen-bond donors (Lipinski definition) is 0. The lowest BCUT2D eigenvalue weighted by Crippen LogP contribution is -2.40. The first kappa shape index (κ1) is 39.0. The third-order valence-corrected chi connectivity index (χ3v) is 9.62. The van der Waals surface area contributed by atoms with Gasteiger partial charge in [0.2, 0.25) is 0 Å². The van der Waals surface area contributed by atoms with E-state index in [1.807, 2.05) is 13.0 Å². The summed E-state index contributed by atoms with van der Waals surface area (Å²) in [6.07, 6.45) is 1.73. The number of esters is 2. The van der Waals surface area contributed by atoms with Crippen molar-refractivity contribution in [3.63, 3.8) is 0 Å². The average Bonchev–Trinajstić information content (AvgIpc) is 3.43. The van der Waals surface area contributed by atoms with E-state index in [1.54, 1.807) is 63.2 Å². The van der Waals surface area contributed by atoms with E-state index in [9.17, 15) is 24.5 Å². The number of benzene rings is 3. The number of halogens is 1. The molecule has 16 heteroatoms. The number of hydrogen-bond acceptors (Lipinski definition) is 13. The fraction of sp³-hybridized carbons (Fsp3) is 0.297. The maximum Gasteiger partial charge on any atom is 0.343 e. The van der Waals surface area contributed by atoms with Crippen LogP contribution in [0.3, 0.4) is 0 Å². The first-order valence-electron chi connectivity index (χ1n) is 16.5. The number of fused-ring (bicyclic) bond motifs is 1. The molecule has 0 aliphatic carbocycles. The van der Waals surface area contributed by atoms with Crippen LogP contribution in [0.15, 0.2) is 75.7 Å². The summed E-state index contributed by atoms with van der Waals surface area (Å²) in [6, 6.07) is 13.8. The predicted octanol–water partition coefficient (Wildman–Crippen LogP) is 5.24. The standard InChI is InChI=1S/C37H36IN3O11S/c1-6-48-28-18-24(11-14-27(28)51-20-31(42)47-5)33-32(36(44)50-8-3)21(4)39-37-40(33)35(43)30(53-37)17-23-15-26(38)34(29(16-23)49-7-2)52-19-22-9-12-25(13-10-22)41(45)46/h9-18,33H,6-8,19-20H2,1-5H3/b30-17+/t33-/m0/s1. The smallest absolute Gasteiger partial charge is 0.343 e. The third-order valence-electron chi connectivity index (χ3n) is 7.83. The van der Waals surface area contributed by atoms with Crippen LogP contribution in [0.4, 0.5) is 5.69 Å². The average molecular weight is 858 g/mol. The Bertz CT molecular complexity index is 2250. The SMILES string of the molecule is CCOC(=O)C1=C(C)N=c2s/c(=C/c3cc(I)c(OCc4ccc([N+](=O)[O-])cc4)c(OCC)c3)c(=O)n2[C@H]1c1ccc(OCC(=O)OC)c(OCC)c1. The maximum atomic E-state index is 14.3. The van der Waals surface area contributed by atoms with Gasteiger partial charge < -0.3 is 28.4 Å². The van der Waals surface area contributed by atoms with Gasteiger partial charge in [0.05, 0.1) is 57.3 Å². The van der Waals surface area contributed by atoms with Crippen molar-refractivity contribution in [2.45, 2.75) is 40.3 Å². The van der Waals surface area contributed by atoms with E-state index in [-0.39, 0.29) is 49.0 Å². The van der Waals surface area contributed by atoms with Crippen LogP contribution >= 0.6 is 33.9 Å². The van der Waals surface area contributed by atoms with Gasteiger partial charge in [0.15, 0.2) is 34.4 Å². The molecule has 278 valence electrons. The number of carbonyl (C=O) groups is 2. The van der Waals surface area contributed by atoms with Gasteiger partial charge in [-0.2, -0.15) is 0 Å². The third kappa shape index (κ3) is 8.88. The Balaban J connectivity index is 1.57. The molecule has 1 aromatic heterocycles. The Kier molecular flexibility index (Phi) is 12.9. The minimum Gasteiger partial charge on any atom is -0.490 e. The van der Waals surface area contributed by atoms with Crippen LogP contribution < -0.4 is 33.8 Å². The molecule has 0 spiro atoms. The number of nitro benzene ring substituents is 1. The van der Waals surface area contributed by atoms with Gasteiger partial charge in [-0.3, -0.25) is 19.5 Å². The van der Waals surface area contributed by atoms with Crippen molar-refractivity contribution in [3.8, 4) is 23.0 Å². The lowest BCUT2D eigenvalue weighted by Gasteiger charge is -2.25. The van der Waals surface area contributed by atoms with Crippen molar-refractivity contribution in [1.29, 1.82) is 0 Å². The summed E-state index contributed by atoms with van der Waals surface area (Å²) in [5.41, 5.74) is 2.13. The molecule has 0 amide bonds. The minimum absolute atomic E-state index is 0.0122. The van der Waals surface area contributed by atoms with Crippen LogP contribution in [0.2, 0.25) is 0 Å². The number of non-ortho nitro benzene ring substituents is 1. The largest absolute Gasteiger partial charge is 0.490 e. The second-order valence-electron chi connectivity index (χ2n) is 11.3. The topological polar surface area (TPSA) is 167 Å². The zero-order valence-electron chi connectivity index (χ0n) is 29.5. The maximum absolute atomic E-state index is 14.3. The Hall–Kier alpha value is -5.23. The van der Waals surface area contributed by atoms with Gasteiger partial charge in [-0.25, -0.2) is 14.6 Å². The molecule has 4 aromatic rings. The first-order chi connectivity index (χ1) is 25.5. The van der Waals surface area contributed by atoms with Gasteiger partial charge in [-0.05, 0) is 109 Å². The Labute approximate surface area is 321 Å². The summed E-state index contributed by atoms with van der Waals surface area (Å²) >= 11 is 3.30. The number of nitro groups is 1. The number of allylic oxidation sites excluding steroid dienone is 1. The highest BCUT2D eigenvalue weighted by Crippen LogP contribution is 2.37. The van der Waals surface area contributed by atoms with Crippen LogP contribution in [0.25, 0.3) is 6.08 Å². The molecule has 0 unspecified atom stereocenters. The zero-order valence-corrected chi connectivity index (χ0v) is 32.5. The monoisotopic (exact) mass is 857 g/mol. The zero-order chi connectivity index (χ0) is 38.2. The van der Waals surface area contributed by atoms with E-state index in [0.717, 1.165) is 5.56 Å². The van der Waals surface area contributed by atoms with Crippen molar-refractivity contribution in [3.05, 3.63) is 116 Å². The van der Waals surface area contributed by atoms with Crippen molar-refractivity contribution >= 4 is 57.6 Å². The molecule has 0 bridgehead atoms. The summed E-state index contributed by atoms with van der Waals surface area (Å²) in [6.45, 7) is 7.59. The van der Waals surface area contributed by atoms with Crippen molar-refractivity contribution in [1.82, 2.24) is 4.57 Å². The number of aromatic nitrogens is 1. The number of carbonyl (C=O) groups excluding carboxylic acids is 2. The Morgan fingerprint density at radius 1 is 0.962 bits per heavy atom. The van der Waals surface area contributed by atoms with Crippen LogP contribution in [0.1, 0.15) is 50.4 Å². The molecular weight excluding hydrogens is 821 g/mol. The van der Waals surface area contributed by atoms with Gasteiger partial charge in [0.25, 0.3) is 11.2 Å². The van der Waals surface area contributed by atoms with Crippen molar-refractivity contribution in [2.75, 3.05) is 33.5 Å². The highest BCUT2D eigenvalue weighted by Gasteiger charge is 2.34. The second kappa shape index (κ2) is 17.5. The number of ether oxygens (including phenoxy) is 6. The quantitative estimate of drug-likeness (QED) is 0.0664. The van der Waals surface area contributed by atoms with Crippen molar-refractivity contribution < 1.29 is 42.9 Å². The Morgan fingerprint density at radius 2 is 1.68 bits per heavy atom. The van der Waals surface area contributed by atoms with Gasteiger partial charge in [0, 0.05) is 12.1 Å². The number of rotatable bonds is 15. The minimum atomic E-state index is -0.921. The predicted molar refractivity (Wildman–Crippen MR) is 203 cm³/mol. The molecule has 0 N–H and O–H groups in total. The molecular formula is C37H36IN3O11S. The van der Waals surface area contributed by atoms with Gasteiger partial charge >= 0.3 is 11.9 Å². The summed E-state index contributed by atoms with van der Waals surface area (Å²) in [4.78, 5) is 55.1. The van der Waals surface area contributed by atoms with Crippen LogP contribution in [0, 0.1) is 13.7 Å². The van der Waals surface area contributed by atoms with Gasteiger partial charge in [0.1, 0.15) is 6.61 Å². The van der Waals surface area contributed by atoms with Crippen LogP contribution in [-0.2, 0) is 25.7 Å². The van der Waals surface area contributed by atoms with E-state index >= 15 is 0 Å². The van der Waals surface area contributed by atoms with E-state index in [4.69, 9.17) is 23.7 Å². The lowest BCUT2D eigenvalue weighted by molar-refractivity contribution is -0.384. The van der Waals surface area contributed by atoms with E-state index in [1.165, 1.54) is 35.1 Å². The molecule has 2 heterocycles. The molecule has 1 atom stereocenters. The summed E-state index contributed by atoms with van der Waals surface area (Å²) in [5.74, 6) is 0.353. The Morgan fingerprint density at radius 3 is 2.34 bits per heavy atom. The molecule has 3 aromatic carbocycles. The normalized spacial score (nSPS) is 13.8. The fourth-order valence-electron chi connectivity index (χ4n) is 5.48. The second-order valence-corrected chi connectivity index (χ2v) is 13.5. The molecule has 14 nitrogen and oxygen atoms in total. The molecule has 0 saturated carbocycles. The molecule has 53 heavy (non-hydrogen) atoms. The summed E-state index contributed by atoms with van der Waals surface area (Å²) in [5, 5.41) is 11.0. The molecule has 0 fully saturated rings. The van der Waals surface area contributed by atoms with Gasteiger partial charge in [-0.1, -0.05) is 17.4 Å². The highest BCUT2D eigenvalue weighted by atomic mass is 127.